The van der Waals surface area contributed by atoms with E-state index < -0.39 is 0 Å². The van der Waals surface area contributed by atoms with Crippen molar-refractivity contribution in [3.05, 3.63) is 35.1 Å². The maximum absolute atomic E-state index is 4.26. The van der Waals surface area contributed by atoms with E-state index in [1.807, 2.05) is 11.6 Å². The van der Waals surface area contributed by atoms with Crippen LogP contribution in [-0.2, 0) is 0 Å². The highest BCUT2D eigenvalue weighted by Crippen LogP contribution is 2.17. The van der Waals surface area contributed by atoms with Crippen LogP contribution < -0.4 is 0 Å². The van der Waals surface area contributed by atoms with Gasteiger partial charge in [0, 0.05) is 23.0 Å². The predicted molar refractivity (Wildman–Crippen MR) is 50.9 cm³/mol. The van der Waals surface area contributed by atoms with Crippen molar-refractivity contribution in [1.29, 1.82) is 0 Å². The smallest absolute Gasteiger partial charge is 0.193 e. The van der Waals surface area contributed by atoms with E-state index in [4.69, 9.17) is 0 Å². The van der Waals surface area contributed by atoms with Crippen molar-refractivity contribution in [2.75, 3.05) is 0 Å². The third-order valence-electron chi connectivity index (χ3n) is 1.88. The molecule has 0 aliphatic carbocycles. The van der Waals surface area contributed by atoms with Gasteiger partial charge in [-0.15, -0.1) is 11.3 Å². The van der Waals surface area contributed by atoms with Gasteiger partial charge in [-0.1, -0.05) is 0 Å². The summed E-state index contributed by atoms with van der Waals surface area (Å²) in [6.07, 6.45) is 1.83. The van der Waals surface area contributed by atoms with Crippen LogP contribution in [0.2, 0.25) is 0 Å². The number of hydrogen-bond donors (Lipinski definition) is 0. The van der Waals surface area contributed by atoms with Crippen LogP contribution in [0.1, 0.15) is 11.4 Å². The molecule has 0 aliphatic heterocycles. The summed E-state index contributed by atoms with van der Waals surface area (Å²) in [5.41, 5.74) is 2.48. The minimum absolute atomic E-state index is 1.05. The van der Waals surface area contributed by atoms with E-state index in [-0.39, 0.29) is 0 Å². The van der Waals surface area contributed by atoms with Crippen molar-refractivity contribution in [2.45, 2.75) is 13.8 Å². The lowest BCUT2D eigenvalue weighted by atomic mass is 10.5. The Morgan fingerprint density at radius 3 is 2.42 bits per heavy atom. The largest absolute Gasteiger partial charge is 0.295 e. The summed E-state index contributed by atoms with van der Waals surface area (Å²) in [7, 11) is 0. The molecule has 0 radical (unpaired) electrons. The topological polar surface area (TPSA) is 17.8 Å². The lowest BCUT2D eigenvalue weighted by molar-refractivity contribution is 0.950. The van der Waals surface area contributed by atoms with E-state index in [2.05, 4.69) is 35.5 Å². The second-order valence-corrected chi connectivity index (χ2v) is 3.64. The maximum Gasteiger partial charge on any atom is 0.193 e. The fourth-order valence-corrected chi connectivity index (χ4v) is 2.06. The molecule has 0 bridgehead atoms. The standard InChI is InChI=1S/C9H10N2S/c1-7-3-4-8(2)11(7)9-10-5-6-12-9/h3-6H,1-2H3. The van der Waals surface area contributed by atoms with Crippen LogP contribution in [0.25, 0.3) is 5.13 Å². The Balaban J connectivity index is 2.60. The molecule has 2 aromatic heterocycles. The zero-order valence-corrected chi connectivity index (χ0v) is 7.93. The molecule has 0 unspecified atom stereocenters. The monoisotopic (exact) mass is 178 g/mol. The highest BCUT2D eigenvalue weighted by atomic mass is 32.1. The molecule has 0 N–H and O–H groups in total. The van der Waals surface area contributed by atoms with Gasteiger partial charge in [0.15, 0.2) is 5.13 Å². The van der Waals surface area contributed by atoms with Crippen LogP contribution in [0.3, 0.4) is 0 Å². The molecule has 12 heavy (non-hydrogen) atoms. The van der Waals surface area contributed by atoms with Crippen molar-refractivity contribution in [3.63, 3.8) is 0 Å². The number of nitrogens with zero attached hydrogens (tertiary/aromatic N) is 2. The molecule has 0 atom stereocenters. The summed E-state index contributed by atoms with van der Waals surface area (Å²) in [5, 5.41) is 3.05. The molecule has 0 saturated heterocycles. The molecule has 62 valence electrons. The third kappa shape index (κ3) is 1.06. The van der Waals surface area contributed by atoms with Crippen molar-refractivity contribution in [2.24, 2.45) is 0 Å². The summed E-state index contributed by atoms with van der Waals surface area (Å²) in [4.78, 5) is 4.26. The summed E-state index contributed by atoms with van der Waals surface area (Å²) < 4.78 is 2.16. The first-order chi connectivity index (χ1) is 5.79. The van der Waals surface area contributed by atoms with E-state index in [0.29, 0.717) is 0 Å². The Hall–Kier alpha value is -1.09. The zero-order chi connectivity index (χ0) is 8.55. The molecule has 0 aromatic carbocycles. The van der Waals surface area contributed by atoms with Gasteiger partial charge in [0.2, 0.25) is 0 Å². The van der Waals surface area contributed by atoms with Crippen LogP contribution in [0, 0.1) is 13.8 Å². The molecule has 3 heteroatoms. The Labute approximate surface area is 75.5 Å². The minimum Gasteiger partial charge on any atom is -0.295 e. The number of thiazole rings is 1. The molecule has 2 heterocycles. The van der Waals surface area contributed by atoms with E-state index in [1.54, 1.807) is 11.3 Å². The van der Waals surface area contributed by atoms with Gasteiger partial charge >= 0.3 is 0 Å². The highest BCUT2D eigenvalue weighted by molar-refractivity contribution is 7.12. The van der Waals surface area contributed by atoms with Crippen LogP contribution in [-0.4, -0.2) is 9.55 Å². The van der Waals surface area contributed by atoms with E-state index in [9.17, 15) is 0 Å². The van der Waals surface area contributed by atoms with Crippen LogP contribution in [0.4, 0.5) is 0 Å². The molecular weight excluding hydrogens is 168 g/mol. The Kier molecular flexibility index (Phi) is 1.73. The molecule has 0 aliphatic rings. The van der Waals surface area contributed by atoms with E-state index >= 15 is 0 Å². The van der Waals surface area contributed by atoms with Crippen molar-refractivity contribution in [1.82, 2.24) is 9.55 Å². The van der Waals surface area contributed by atoms with Gasteiger partial charge < -0.3 is 0 Å². The van der Waals surface area contributed by atoms with E-state index in [0.717, 1.165) is 5.13 Å². The molecule has 2 rings (SSSR count). The number of rotatable bonds is 1. The summed E-state index contributed by atoms with van der Waals surface area (Å²) in [6, 6.07) is 4.22. The van der Waals surface area contributed by atoms with Crippen LogP contribution >= 0.6 is 11.3 Å². The Morgan fingerprint density at radius 1 is 1.25 bits per heavy atom. The summed E-state index contributed by atoms with van der Waals surface area (Å²) in [5.74, 6) is 0. The van der Waals surface area contributed by atoms with Gasteiger partial charge in [0.1, 0.15) is 0 Å². The fraction of sp³-hybridized carbons (Fsp3) is 0.222. The number of aromatic nitrogens is 2. The van der Waals surface area contributed by atoms with Crippen molar-refractivity contribution in [3.8, 4) is 5.13 Å². The first-order valence-electron chi connectivity index (χ1n) is 3.84. The van der Waals surface area contributed by atoms with Crippen LogP contribution in [0.15, 0.2) is 23.7 Å². The second-order valence-electron chi connectivity index (χ2n) is 2.77. The lowest BCUT2D eigenvalue weighted by Gasteiger charge is -2.03. The van der Waals surface area contributed by atoms with Crippen molar-refractivity contribution >= 4 is 11.3 Å². The van der Waals surface area contributed by atoms with Crippen LogP contribution in [0.5, 0.6) is 0 Å². The predicted octanol–water partition coefficient (Wildman–Crippen LogP) is 2.55. The Morgan fingerprint density at radius 2 is 1.92 bits per heavy atom. The molecule has 0 spiro atoms. The molecule has 0 amide bonds. The quantitative estimate of drug-likeness (QED) is 0.656. The van der Waals surface area contributed by atoms with Gasteiger partial charge in [-0.3, -0.25) is 4.57 Å². The molecule has 0 fully saturated rings. The Bertz CT molecular complexity index is 354. The van der Waals surface area contributed by atoms with Gasteiger partial charge in [0.05, 0.1) is 0 Å². The average Bonchev–Trinajstić information content (AvgIpc) is 2.61. The fourth-order valence-electron chi connectivity index (χ4n) is 1.30. The first kappa shape index (κ1) is 7.55. The average molecular weight is 178 g/mol. The molecular formula is C9H10N2S. The normalized spacial score (nSPS) is 10.5. The number of aryl methyl sites for hydroxylation is 2. The number of hydrogen-bond acceptors (Lipinski definition) is 2. The van der Waals surface area contributed by atoms with E-state index in [1.165, 1.54) is 11.4 Å². The second kappa shape index (κ2) is 2.75. The van der Waals surface area contributed by atoms with Gasteiger partial charge in [-0.2, -0.15) is 0 Å². The van der Waals surface area contributed by atoms with Gasteiger partial charge in [-0.05, 0) is 26.0 Å². The third-order valence-corrected chi connectivity index (χ3v) is 2.64. The SMILES string of the molecule is Cc1ccc(C)n1-c1nccs1. The zero-order valence-electron chi connectivity index (χ0n) is 7.11. The van der Waals surface area contributed by atoms with Gasteiger partial charge in [-0.25, -0.2) is 4.98 Å². The molecule has 0 saturated carbocycles. The molecule has 2 aromatic rings. The lowest BCUT2D eigenvalue weighted by Crippen LogP contribution is -1.96. The molecule has 2 nitrogen and oxygen atoms in total. The van der Waals surface area contributed by atoms with Crippen molar-refractivity contribution < 1.29 is 0 Å². The highest BCUT2D eigenvalue weighted by Gasteiger charge is 2.04. The minimum atomic E-state index is 1.05. The maximum atomic E-state index is 4.26. The first-order valence-corrected chi connectivity index (χ1v) is 4.72. The van der Waals surface area contributed by atoms with Gasteiger partial charge in [0.25, 0.3) is 0 Å². The summed E-state index contributed by atoms with van der Waals surface area (Å²) >= 11 is 1.66. The summed E-state index contributed by atoms with van der Waals surface area (Å²) in [6.45, 7) is 4.18.